The predicted molar refractivity (Wildman–Crippen MR) is 143 cm³/mol. The van der Waals surface area contributed by atoms with E-state index in [-0.39, 0.29) is 39.1 Å². The molecule has 1 saturated heterocycles. The number of benzene rings is 3. The van der Waals surface area contributed by atoms with Crippen molar-refractivity contribution >= 4 is 52.3 Å². The van der Waals surface area contributed by atoms with Gasteiger partial charge in [-0.05, 0) is 61.0 Å². The Balaban J connectivity index is 1.92. The molecule has 3 aromatic rings. The fourth-order valence-corrected chi connectivity index (χ4v) is 4.83. The van der Waals surface area contributed by atoms with E-state index in [0.29, 0.717) is 17.0 Å². The molecule has 0 saturated carbocycles. The lowest BCUT2D eigenvalue weighted by Crippen LogP contribution is -2.29. The number of ketones is 1. The summed E-state index contributed by atoms with van der Waals surface area (Å²) in [6.07, 6.45) is 0. The third-order valence-electron chi connectivity index (χ3n) is 6.00. The molecule has 3 aromatic carbocycles. The fraction of sp³-hybridized carbons (Fsp3) is 0.179. The molecule has 8 nitrogen and oxygen atoms in total. The number of hydrogen-bond donors (Lipinski definition) is 1. The summed E-state index contributed by atoms with van der Waals surface area (Å²) in [7, 11) is 2.87. The molecule has 0 aliphatic carbocycles. The summed E-state index contributed by atoms with van der Waals surface area (Å²) < 4.78 is 15.6. The molecule has 1 amide bonds. The highest BCUT2D eigenvalue weighted by molar-refractivity contribution is 6.52. The molecule has 38 heavy (non-hydrogen) atoms. The fourth-order valence-electron chi connectivity index (χ4n) is 4.26. The van der Waals surface area contributed by atoms with Crippen molar-refractivity contribution < 1.29 is 33.7 Å². The summed E-state index contributed by atoms with van der Waals surface area (Å²) >= 11 is 12.4. The van der Waals surface area contributed by atoms with E-state index in [1.165, 1.54) is 55.5 Å². The van der Waals surface area contributed by atoms with Crippen LogP contribution in [0, 0.1) is 0 Å². The smallest absolute Gasteiger partial charge is 0.338 e. The number of esters is 1. The van der Waals surface area contributed by atoms with Gasteiger partial charge in [-0.1, -0.05) is 35.3 Å². The van der Waals surface area contributed by atoms with Crippen molar-refractivity contribution in [1.82, 2.24) is 0 Å². The van der Waals surface area contributed by atoms with Crippen molar-refractivity contribution in [3.8, 4) is 11.5 Å². The Morgan fingerprint density at radius 2 is 1.63 bits per heavy atom. The van der Waals surface area contributed by atoms with Gasteiger partial charge in [0.1, 0.15) is 17.3 Å². The Morgan fingerprint density at radius 1 is 0.974 bits per heavy atom. The molecular formula is C28H23Cl2NO7. The van der Waals surface area contributed by atoms with Crippen LogP contribution in [-0.4, -0.2) is 43.6 Å². The van der Waals surface area contributed by atoms with Gasteiger partial charge in [0.25, 0.3) is 11.7 Å². The molecule has 4 rings (SSSR count). The second-order valence-electron chi connectivity index (χ2n) is 8.18. The standard InChI is InChI=1S/C28H23Cl2NO7/c1-4-38-28(35)16-5-9-18(10-6-16)31-23(15-7-11-19(36-2)12-8-15)22(25(33)27(31)34)24(32)20-13-17(29)14-21(30)26(20)37-3/h5-14,23,32H,4H2,1-3H3/b24-22+. The lowest BCUT2D eigenvalue weighted by atomic mass is 9.94. The highest BCUT2D eigenvalue weighted by Crippen LogP contribution is 2.45. The number of aliphatic hydroxyl groups is 1. The summed E-state index contributed by atoms with van der Waals surface area (Å²) in [5.41, 5.74) is 1.00. The highest BCUT2D eigenvalue weighted by atomic mass is 35.5. The summed E-state index contributed by atoms with van der Waals surface area (Å²) in [6.45, 7) is 1.91. The zero-order chi connectivity index (χ0) is 27.6. The van der Waals surface area contributed by atoms with Crippen LogP contribution in [0.25, 0.3) is 5.76 Å². The van der Waals surface area contributed by atoms with Crippen LogP contribution in [0.5, 0.6) is 11.5 Å². The molecular weight excluding hydrogens is 533 g/mol. The van der Waals surface area contributed by atoms with Gasteiger partial charge in [0.2, 0.25) is 0 Å². The third kappa shape index (κ3) is 4.92. The van der Waals surface area contributed by atoms with Gasteiger partial charge >= 0.3 is 5.97 Å². The maximum Gasteiger partial charge on any atom is 0.338 e. The van der Waals surface area contributed by atoms with Crippen LogP contribution in [0.1, 0.15) is 34.5 Å². The lowest BCUT2D eigenvalue weighted by Gasteiger charge is -2.26. The number of nitrogens with zero attached hydrogens (tertiary/aromatic N) is 1. The van der Waals surface area contributed by atoms with Crippen molar-refractivity contribution in [3.05, 3.63) is 93.0 Å². The molecule has 196 valence electrons. The summed E-state index contributed by atoms with van der Waals surface area (Å²) in [5, 5.41) is 11.8. The minimum atomic E-state index is -1.03. The van der Waals surface area contributed by atoms with E-state index in [0.717, 1.165) is 0 Å². The lowest BCUT2D eigenvalue weighted by molar-refractivity contribution is -0.132. The summed E-state index contributed by atoms with van der Waals surface area (Å²) in [6, 6.07) is 14.6. The number of aliphatic hydroxyl groups excluding tert-OH is 1. The monoisotopic (exact) mass is 555 g/mol. The second-order valence-corrected chi connectivity index (χ2v) is 9.02. The molecule has 1 heterocycles. The first-order valence-electron chi connectivity index (χ1n) is 11.5. The number of rotatable bonds is 7. The molecule has 0 spiro atoms. The zero-order valence-electron chi connectivity index (χ0n) is 20.7. The highest BCUT2D eigenvalue weighted by Gasteiger charge is 2.47. The average Bonchev–Trinajstić information content (AvgIpc) is 3.18. The van der Waals surface area contributed by atoms with Gasteiger partial charge in [0.05, 0.1) is 48.6 Å². The molecule has 1 unspecified atom stereocenters. The van der Waals surface area contributed by atoms with Gasteiger partial charge in [-0.2, -0.15) is 0 Å². The van der Waals surface area contributed by atoms with E-state index in [1.807, 2.05) is 0 Å². The van der Waals surface area contributed by atoms with Gasteiger partial charge in [-0.3, -0.25) is 14.5 Å². The Kier molecular flexibility index (Phi) is 7.94. The molecule has 1 aliphatic heterocycles. The average molecular weight is 556 g/mol. The summed E-state index contributed by atoms with van der Waals surface area (Å²) in [5.74, 6) is -2.16. The van der Waals surface area contributed by atoms with Gasteiger partial charge < -0.3 is 19.3 Å². The maximum atomic E-state index is 13.4. The van der Waals surface area contributed by atoms with Gasteiger partial charge in [0.15, 0.2) is 0 Å². The number of hydrogen-bond acceptors (Lipinski definition) is 7. The van der Waals surface area contributed by atoms with Gasteiger partial charge in [-0.25, -0.2) is 4.79 Å². The van der Waals surface area contributed by atoms with Crippen molar-refractivity contribution in [2.75, 3.05) is 25.7 Å². The molecule has 0 radical (unpaired) electrons. The Bertz CT molecular complexity index is 1430. The molecule has 1 atom stereocenters. The number of carbonyl (C=O) groups excluding carboxylic acids is 3. The number of anilines is 1. The Labute approximate surface area is 228 Å². The van der Waals surface area contributed by atoms with E-state index in [4.69, 9.17) is 37.4 Å². The number of Topliss-reactive ketones (excluding diaryl/α,β-unsaturated/α-hetero) is 1. The van der Waals surface area contributed by atoms with E-state index >= 15 is 0 Å². The number of carbonyl (C=O) groups is 3. The normalized spacial score (nSPS) is 16.4. The van der Waals surface area contributed by atoms with Crippen molar-refractivity contribution in [2.24, 2.45) is 0 Å². The van der Waals surface area contributed by atoms with Crippen LogP contribution >= 0.6 is 23.2 Å². The van der Waals surface area contributed by atoms with Gasteiger partial charge in [-0.15, -0.1) is 0 Å². The SMILES string of the molecule is CCOC(=O)c1ccc(N2C(=O)C(=O)/C(=C(/O)c3cc(Cl)cc(Cl)c3OC)C2c2ccc(OC)cc2)cc1. The minimum Gasteiger partial charge on any atom is -0.507 e. The first-order valence-corrected chi connectivity index (χ1v) is 12.2. The molecule has 1 N–H and O–H groups in total. The Hall–Kier alpha value is -4.01. The van der Waals surface area contributed by atoms with Crippen LogP contribution in [0.4, 0.5) is 5.69 Å². The number of amides is 1. The van der Waals surface area contributed by atoms with Crippen LogP contribution in [-0.2, 0) is 14.3 Å². The Morgan fingerprint density at radius 3 is 2.21 bits per heavy atom. The molecule has 1 aliphatic rings. The topological polar surface area (TPSA) is 102 Å². The largest absolute Gasteiger partial charge is 0.507 e. The summed E-state index contributed by atoms with van der Waals surface area (Å²) in [4.78, 5) is 40.2. The maximum absolute atomic E-state index is 13.4. The van der Waals surface area contributed by atoms with E-state index < -0.39 is 29.5 Å². The molecule has 0 bridgehead atoms. The van der Waals surface area contributed by atoms with Crippen LogP contribution in [0.15, 0.2) is 66.2 Å². The van der Waals surface area contributed by atoms with E-state index in [9.17, 15) is 19.5 Å². The van der Waals surface area contributed by atoms with Crippen LogP contribution in [0.3, 0.4) is 0 Å². The van der Waals surface area contributed by atoms with Gasteiger partial charge in [0, 0.05) is 10.7 Å². The van der Waals surface area contributed by atoms with E-state index in [2.05, 4.69) is 0 Å². The molecule has 1 fully saturated rings. The zero-order valence-corrected chi connectivity index (χ0v) is 22.2. The molecule has 10 heteroatoms. The first-order chi connectivity index (χ1) is 18.2. The van der Waals surface area contributed by atoms with Crippen molar-refractivity contribution in [2.45, 2.75) is 13.0 Å². The van der Waals surface area contributed by atoms with Crippen molar-refractivity contribution in [1.29, 1.82) is 0 Å². The van der Waals surface area contributed by atoms with Crippen LogP contribution < -0.4 is 14.4 Å². The number of halogens is 2. The van der Waals surface area contributed by atoms with E-state index in [1.54, 1.807) is 31.2 Å². The predicted octanol–water partition coefficient (Wildman–Crippen LogP) is 5.81. The third-order valence-corrected chi connectivity index (χ3v) is 6.50. The minimum absolute atomic E-state index is 0.0548. The first kappa shape index (κ1) is 27.0. The number of ether oxygens (including phenoxy) is 3. The van der Waals surface area contributed by atoms with Crippen LogP contribution in [0.2, 0.25) is 10.0 Å². The molecule has 0 aromatic heterocycles. The second kappa shape index (κ2) is 11.2. The van der Waals surface area contributed by atoms with Crippen molar-refractivity contribution in [3.63, 3.8) is 0 Å². The number of methoxy groups -OCH3 is 2. The quantitative estimate of drug-likeness (QED) is 0.170.